The maximum absolute atomic E-state index is 4.40. The van der Waals surface area contributed by atoms with Gasteiger partial charge in [0.15, 0.2) is 0 Å². The van der Waals surface area contributed by atoms with Crippen molar-refractivity contribution in [2.24, 2.45) is 5.92 Å². The summed E-state index contributed by atoms with van der Waals surface area (Å²) in [6.45, 7) is 6.59. The molecule has 0 bridgehead atoms. The Morgan fingerprint density at radius 3 is 2.33 bits per heavy atom. The minimum absolute atomic E-state index is 0.491. The van der Waals surface area contributed by atoms with Crippen LogP contribution < -0.4 is 0 Å². The Kier molecular flexibility index (Phi) is 5.46. The fraction of sp³-hybridized carbons (Fsp3) is 1.00. The van der Waals surface area contributed by atoms with E-state index in [4.69, 9.17) is 0 Å². The first-order valence-electron chi connectivity index (χ1n) is 3.69. The summed E-state index contributed by atoms with van der Waals surface area (Å²) < 4.78 is 0. The largest absolute Gasteiger partial charge is 0.185 e. The van der Waals surface area contributed by atoms with Crippen molar-refractivity contribution in [3.8, 4) is 0 Å². The second-order valence-corrected chi connectivity index (χ2v) is 3.36. The molecule has 0 spiro atoms. The van der Waals surface area contributed by atoms with Crippen molar-refractivity contribution >= 4 is 19.9 Å². The standard InChI is InChI=1S/C7H16BS/c1-4-5-8-7(9)6(2)3/h6-7,9H,4-5H2,1-3H3. The summed E-state index contributed by atoms with van der Waals surface area (Å²) in [7, 11) is 2.29. The first-order valence-corrected chi connectivity index (χ1v) is 4.21. The minimum Gasteiger partial charge on any atom is -0.185 e. The van der Waals surface area contributed by atoms with E-state index in [2.05, 4.69) is 40.7 Å². The molecule has 53 valence electrons. The lowest BCUT2D eigenvalue weighted by Gasteiger charge is -2.11. The van der Waals surface area contributed by atoms with Crippen molar-refractivity contribution in [2.75, 3.05) is 0 Å². The maximum atomic E-state index is 4.40. The van der Waals surface area contributed by atoms with Crippen molar-refractivity contribution in [3.63, 3.8) is 0 Å². The molecule has 0 saturated heterocycles. The molecule has 0 aliphatic rings. The Hall–Kier alpha value is 0.415. The van der Waals surface area contributed by atoms with Gasteiger partial charge in [-0.1, -0.05) is 33.5 Å². The lowest BCUT2D eigenvalue weighted by atomic mass is 9.66. The fourth-order valence-corrected chi connectivity index (χ4v) is 0.759. The third-order valence-corrected chi connectivity index (χ3v) is 2.19. The lowest BCUT2D eigenvalue weighted by Crippen LogP contribution is -2.15. The van der Waals surface area contributed by atoms with Gasteiger partial charge in [-0.05, 0) is 11.1 Å². The van der Waals surface area contributed by atoms with Gasteiger partial charge >= 0.3 is 0 Å². The summed E-state index contributed by atoms with van der Waals surface area (Å²) in [4.78, 5) is 0. The first-order chi connectivity index (χ1) is 4.18. The van der Waals surface area contributed by atoms with E-state index in [-0.39, 0.29) is 0 Å². The normalized spacial score (nSPS) is 13.9. The van der Waals surface area contributed by atoms with Crippen molar-refractivity contribution in [1.82, 2.24) is 0 Å². The molecule has 0 heterocycles. The Morgan fingerprint density at radius 1 is 1.44 bits per heavy atom. The van der Waals surface area contributed by atoms with Gasteiger partial charge in [-0.2, -0.15) is 12.6 Å². The SMILES string of the molecule is CCC[B]C(S)C(C)C. The van der Waals surface area contributed by atoms with Crippen LogP contribution in [0.4, 0.5) is 0 Å². The zero-order valence-electron chi connectivity index (χ0n) is 6.59. The second-order valence-electron chi connectivity index (χ2n) is 2.76. The molecule has 0 N–H and O–H groups in total. The van der Waals surface area contributed by atoms with Crippen LogP contribution >= 0.6 is 12.6 Å². The van der Waals surface area contributed by atoms with Crippen molar-refractivity contribution in [1.29, 1.82) is 0 Å². The van der Waals surface area contributed by atoms with Crippen LogP contribution in [0.15, 0.2) is 0 Å². The second kappa shape index (κ2) is 5.22. The third-order valence-electron chi connectivity index (χ3n) is 1.38. The fourth-order valence-electron chi connectivity index (χ4n) is 0.610. The molecule has 0 rings (SSSR count). The molecule has 0 fully saturated rings. The molecule has 0 amide bonds. The van der Waals surface area contributed by atoms with Crippen molar-refractivity contribution in [3.05, 3.63) is 0 Å². The van der Waals surface area contributed by atoms with Gasteiger partial charge < -0.3 is 0 Å². The van der Waals surface area contributed by atoms with E-state index < -0.39 is 0 Å². The predicted octanol–water partition coefficient (Wildman–Crippen LogP) is 2.43. The predicted molar refractivity (Wildman–Crippen MR) is 48.5 cm³/mol. The van der Waals surface area contributed by atoms with E-state index in [1.807, 2.05) is 0 Å². The number of hydrogen-bond acceptors (Lipinski definition) is 1. The Labute approximate surface area is 65.1 Å². The molecule has 0 nitrogen and oxygen atoms in total. The number of hydrogen-bond donors (Lipinski definition) is 1. The van der Waals surface area contributed by atoms with Gasteiger partial charge in [-0.15, -0.1) is 0 Å². The molecule has 0 aromatic carbocycles. The molecular weight excluding hydrogens is 127 g/mol. The van der Waals surface area contributed by atoms with Gasteiger partial charge in [0.25, 0.3) is 0 Å². The van der Waals surface area contributed by atoms with Crippen LogP contribution in [-0.4, -0.2) is 12.4 Å². The zero-order valence-corrected chi connectivity index (χ0v) is 7.49. The van der Waals surface area contributed by atoms with Crippen LogP contribution in [0, 0.1) is 5.92 Å². The molecular formula is C7H16BS. The minimum atomic E-state index is 0.491. The summed E-state index contributed by atoms with van der Waals surface area (Å²) >= 11 is 4.40. The number of thiol groups is 1. The monoisotopic (exact) mass is 143 g/mol. The smallest absolute Gasteiger partial charge is 0.127 e. The Bertz CT molecular complexity index is 63.9. The van der Waals surface area contributed by atoms with Crippen LogP contribution in [0.25, 0.3) is 0 Å². The van der Waals surface area contributed by atoms with Gasteiger partial charge in [-0.25, -0.2) is 0 Å². The highest BCUT2D eigenvalue weighted by atomic mass is 32.1. The van der Waals surface area contributed by atoms with E-state index in [1.54, 1.807) is 0 Å². The molecule has 0 aliphatic carbocycles. The highest BCUT2D eigenvalue weighted by Crippen LogP contribution is 2.08. The molecule has 9 heavy (non-hydrogen) atoms. The van der Waals surface area contributed by atoms with E-state index in [1.165, 1.54) is 12.7 Å². The van der Waals surface area contributed by atoms with Gasteiger partial charge in [0.2, 0.25) is 0 Å². The maximum Gasteiger partial charge on any atom is 0.127 e. The van der Waals surface area contributed by atoms with Gasteiger partial charge in [-0.3, -0.25) is 0 Å². The summed E-state index contributed by atoms with van der Waals surface area (Å²) in [5.74, 6) is 0.680. The number of rotatable bonds is 4. The van der Waals surface area contributed by atoms with E-state index in [0.717, 1.165) is 0 Å². The summed E-state index contributed by atoms with van der Waals surface area (Å²) in [6.07, 6.45) is 2.44. The molecule has 1 unspecified atom stereocenters. The quantitative estimate of drug-likeness (QED) is 0.453. The molecule has 0 aromatic rings. The van der Waals surface area contributed by atoms with E-state index in [9.17, 15) is 0 Å². The van der Waals surface area contributed by atoms with E-state index in [0.29, 0.717) is 11.1 Å². The molecule has 0 aliphatic heterocycles. The Balaban J connectivity index is 3.16. The van der Waals surface area contributed by atoms with Gasteiger partial charge in [0, 0.05) is 0 Å². The van der Waals surface area contributed by atoms with Crippen LogP contribution in [0.2, 0.25) is 6.32 Å². The third kappa shape index (κ3) is 4.89. The van der Waals surface area contributed by atoms with Crippen molar-refractivity contribution < 1.29 is 0 Å². The molecule has 0 aromatic heterocycles. The molecule has 1 radical (unpaired) electrons. The first kappa shape index (κ1) is 9.41. The summed E-state index contributed by atoms with van der Waals surface area (Å²) in [5, 5.41) is 0.491. The highest BCUT2D eigenvalue weighted by Gasteiger charge is 2.06. The van der Waals surface area contributed by atoms with Crippen LogP contribution in [0.5, 0.6) is 0 Å². The van der Waals surface area contributed by atoms with E-state index >= 15 is 0 Å². The summed E-state index contributed by atoms with van der Waals surface area (Å²) in [5.41, 5.74) is 0. The zero-order chi connectivity index (χ0) is 7.28. The van der Waals surface area contributed by atoms with Gasteiger partial charge in [0.05, 0.1) is 0 Å². The van der Waals surface area contributed by atoms with Crippen molar-refractivity contribution in [2.45, 2.75) is 38.7 Å². The molecule has 1 atom stereocenters. The average molecular weight is 143 g/mol. The molecule has 0 saturated carbocycles. The average Bonchev–Trinajstić information content (AvgIpc) is 1.82. The summed E-state index contributed by atoms with van der Waals surface area (Å²) in [6, 6.07) is 0. The van der Waals surface area contributed by atoms with Gasteiger partial charge in [0.1, 0.15) is 7.28 Å². The lowest BCUT2D eigenvalue weighted by molar-refractivity contribution is 0.709. The topological polar surface area (TPSA) is 0 Å². The Morgan fingerprint density at radius 2 is 2.00 bits per heavy atom. The van der Waals surface area contributed by atoms with Crippen LogP contribution in [0.1, 0.15) is 27.2 Å². The van der Waals surface area contributed by atoms with Crippen LogP contribution in [0.3, 0.4) is 0 Å². The molecule has 2 heteroatoms. The van der Waals surface area contributed by atoms with Crippen LogP contribution in [-0.2, 0) is 0 Å². The highest BCUT2D eigenvalue weighted by molar-refractivity contribution is 7.82.